The maximum Gasteiger partial charge on any atom is 0.406 e. The third kappa shape index (κ3) is 3.86. The third-order valence-electron chi connectivity index (χ3n) is 2.56. The first-order valence-corrected chi connectivity index (χ1v) is 6.72. The smallest absolute Gasteiger partial charge is 0.374 e. The highest BCUT2D eigenvalue weighted by molar-refractivity contribution is 7.12. The van der Waals surface area contributed by atoms with Crippen molar-refractivity contribution in [2.75, 3.05) is 18.5 Å². The zero-order valence-corrected chi connectivity index (χ0v) is 11.4. The first-order valence-electron chi connectivity index (χ1n) is 5.84. The van der Waals surface area contributed by atoms with Gasteiger partial charge in [-0.05, 0) is 40.7 Å². The number of aromatic nitrogens is 1. The molecule has 0 atom stereocenters. The van der Waals surface area contributed by atoms with Gasteiger partial charge in [-0.3, -0.25) is 0 Å². The fraction of sp³-hybridized carbons (Fsp3) is 0.231. The molecule has 5 nitrogen and oxygen atoms in total. The second-order valence-corrected chi connectivity index (χ2v) is 4.81. The summed E-state index contributed by atoms with van der Waals surface area (Å²) in [4.78, 5) is 5.02. The highest BCUT2D eigenvalue weighted by atomic mass is 32.1. The van der Waals surface area contributed by atoms with E-state index < -0.39 is 0 Å². The van der Waals surface area contributed by atoms with E-state index in [0.29, 0.717) is 6.42 Å². The van der Waals surface area contributed by atoms with Gasteiger partial charge in [0.1, 0.15) is 5.69 Å². The molecule has 0 bridgehead atoms. The van der Waals surface area contributed by atoms with Crippen LogP contribution in [0.25, 0.3) is 0 Å². The van der Waals surface area contributed by atoms with Gasteiger partial charge < -0.3 is 4.90 Å². The second kappa shape index (κ2) is 6.61. The first kappa shape index (κ1) is 13.2. The molecule has 96 valence electrons. The van der Waals surface area contributed by atoms with Crippen molar-refractivity contribution in [1.29, 1.82) is 5.26 Å². The van der Waals surface area contributed by atoms with Crippen molar-refractivity contribution in [3.63, 3.8) is 0 Å². The lowest BCUT2D eigenvalue weighted by Gasteiger charge is -2.17. The molecule has 1 aromatic carbocycles. The Balaban J connectivity index is 2.00. The minimum atomic E-state index is 0.520. The predicted molar refractivity (Wildman–Crippen MR) is 75.0 cm³/mol. The van der Waals surface area contributed by atoms with Crippen LogP contribution in [0.15, 0.2) is 46.1 Å². The molecule has 0 spiro atoms. The monoisotopic (exact) mass is 272 g/mol. The van der Waals surface area contributed by atoms with Crippen molar-refractivity contribution in [2.24, 2.45) is 10.2 Å². The molecule has 1 aromatic heterocycles. The molecule has 0 fully saturated rings. The molecule has 2 rings (SSSR count). The van der Waals surface area contributed by atoms with Gasteiger partial charge in [0.25, 0.3) is 0 Å². The summed E-state index contributed by atoms with van der Waals surface area (Å²) in [6, 6.07) is 9.91. The average molecular weight is 272 g/mol. The number of azo groups is 1. The Labute approximate surface area is 115 Å². The van der Waals surface area contributed by atoms with Crippen molar-refractivity contribution in [1.82, 2.24) is 0 Å². The van der Waals surface area contributed by atoms with Gasteiger partial charge in [0, 0.05) is 24.7 Å². The average Bonchev–Trinajstić information content (AvgIpc) is 2.96. The summed E-state index contributed by atoms with van der Waals surface area (Å²) in [5.74, 6) is 0. The molecule has 0 saturated carbocycles. The Bertz CT molecular complexity index is 568. The predicted octanol–water partition coefficient (Wildman–Crippen LogP) is 3.33. The molecular formula is C13H14N5S+. The molecule has 19 heavy (non-hydrogen) atoms. The molecule has 0 unspecified atom stereocenters. The summed E-state index contributed by atoms with van der Waals surface area (Å²) in [7, 11) is 1.97. The highest BCUT2D eigenvalue weighted by Gasteiger charge is 2.03. The molecule has 0 aliphatic rings. The number of hydrogen-bond donors (Lipinski definition) is 0. The molecular weight excluding hydrogens is 258 g/mol. The highest BCUT2D eigenvalue weighted by Crippen LogP contribution is 2.21. The zero-order chi connectivity index (χ0) is 13.5. The summed E-state index contributed by atoms with van der Waals surface area (Å²) in [5, 5.41) is 19.5. The van der Waals surface area contributed by atoms with Crippen LogP contribution in [0.5, 0.6) is 0 Å². The van der Waals surface area contributed by atoms with Crippen LogP contribution in [0.4, 0.5) is 16.5 Å². The van der Waals surface area contributed by atoms with E-state index in [0.717, 1.165) is 23.1 Å². The van der Waals surface area contributed by atoms with Crippen molar-refractivity contribution in [3.8, 4) is 6.07 Å². The van der Waals surface area contributed by atoms with E-state index in [9.17, 15) is 0 Å². The van der Waals surface area contributed by atoms with E-state index in [2.05, 4.69) is 21.3 Å². The molecule has 1 heterocycles. The number of aromatic amines is 1. The molecule has 0 saturated heterocycles. The normalized spacial score (nSPS) is 10.5. The number of hydrogen-bond acceptors (Lipinski definition) is 5. The lowest BCUT2D eigenvalue weighted by molar-refractivity contribution is -0.356. The summed E-state index contributed by atoms with van der Waals surface area (Å²) >= 11 is 1.50. The van der Waals surface area contributed by atoms with Gasteiger partial charge >= 0.3 is 5.13 Å². The van der Waals surface area contributed by atoms with Crippen LogP contribution in [-0.4, -0.2) is 13.6 Å². The minimum absolute atomic E-state index is 0.520. The van der Waals surface area contributed by atoms with Gasteiger partial charge in [0.15, 0.2) is 0 Å². The number of nitrogens with zero attached hydrogens (tertiary/aromatic N) is 4. The summed E-state index contributed by atoms with van der Waals surface area (Å²) in [6.07, 6.45) is 2.35. The second-order valence-electron chi connectivity index (χ2n) is 3.92. The summed E-state index contributed by atoms with van der Waals surface area (Å²) in [6.45, 7) is 0.724. The largest absolute Gasteiger partial charge is 0.406 e. The van der Waals surface area contributed by atoms with Crippen LogP contribution in [0.3, 0.4) is 0 Å². The maximum atomic E-state index is 8.56. The van der Waals surface area contributed by atoms with Crippen LogP contribution >= 0.6 is 11.3 Å². The Morgan fingerprint density at radius 2 is 2.11 bits per heavy atom. The van der Waals surface area contributed by atoms with Crippen LogP contribution in [-0.2, 0) is 0 Å². The van der Waals surface area contributed by atoms with E-state index in [4.69, 9.17) is 5.26 Å². The molecule has 2 aromatic rings. The van der Waals surface area contributed by atoms with Gasteiger partial charge in [-0.2, -0.15) is 5.26 Å². The van der Waals surface area contributed by atoms with Gasteiger partial charge in [0.2, 0.25) is 0 Å². The third-order valence-corrected chi connectivity index (χ3v) is 3.26. The van der Waals surface area contributed by atoms with E-state index in [1.807, 2.05) is 47.8 Å². The van der Waals surface area contributed by atoms with Crippen LogP contribution in [0.2, 0.25) is 0 Å². The van der Waals surface area contributed by atoms with E-state index in [1.54, 1.807) is 0 Å². The Morgan fingerprint density at radius 3 is 2.74 bits per heavy atom. The zero-order valence-electron chi connectivity index (χ0n) is 10.6. The van der Waals surface area contributed by atoms with E-state index in [1.165, 1.54) is 11.3 Å². The quantitative estimate of drug-likeness (QED) is 0.783. The lowest BCUT2D eigenvalue weighted by atomic mass is 10.2. The van der Waals surface area contributed by atoms with Gasteiger partial charge in [0.05, 0.1) is 23.8 Å². The van der Waals surface area contributed by atoms with Gasteiger partial charge in [-0.1, -0.05) is 0 Å². The fourth-order valence-electron chi connectivity index (χ4n) is 1.51. The number of thiazole rings is 1. The van der Waals surface area contributed by atoms with Crippen molar-refractivity contribution < 1.29 is 4.98 Å². The summed E-state index contributed by atoms with van der Waals surface area (Å²) in [5.41, 5.74) is 1.87. The fourth-order valence-corrected chi connectivity index (χ4v) is 2.00. The summed E-state index contributed by atoms with van der Waals surface area (Å²) < 4.78 is 0. The number of rotatable bonds is 5. The lowest BCUT2D eigenvalue weighted by Crippen LogP contribution is -2.17. The molecule has 6 heteroatoms. The van der Waals surface area contributed by atoms with E-state index in [-0.39, 0.29) is 0 Å². The molecule has 0 aliphatic carbocycles. The molecule has 1 N–H and O–H groups in total. The van der Waals surface area contributed by atoms with Gasteiger partial charge in [-0.15, -0.1) is 0 Å². The van der Waals surface area contributed by atoms with E-state index >= 15 is 0 Å². The Hall–Kier alpha value is -2.26. The van der Waals surface area contributed by atoms with Gasteiger partial charge in [-0.25, -0.2) is 4.98 Å². The van der Waals surface area contributed by atoms with Crippen LogP contribution in [0, 0.1) is 11.3 Å². The number of benzene rings is 1. The van der Waals surface area contributed by atoms with Crippen molar-refractivity contribution in [2.45, 2.75) is 6.42 Å². The number of nitriles is 1. The Morgan fingerprint density at radius 1 is 1.32 bits per heavy atom. The van der Waals surface area contributed by atoms with Crippen molar-refractivity contribution >= 4 is 27.8 Å². The number of anilines is 1. The minimum Gasteiger partial charge on any atom is -0.374 e. The SMILES string of the molecule is CN(CCC#N)c1ccc(N=Nc2[nH+]ccs2)cc1. The number of H-pyrrole nitrogens is 1. The first-order chi connectivity index (χ1) is 9.29. The number of nitrogens with one attached hydrogen (secondary N) is 1. The maximum absolute atomic E-state index is 8.56. The molecule has 0 aliphatic heterocycles. The molecule has 0 amide bonds. The van der Waals surface area contributed by atoms with Crippen molar-refractivity contribution in [3.05, 3.63) is 35.8 Å². The standard InChI is InChI=1S/C13H13N5S/c1-18(9-2-7-14)12-5-3-11(4-6-12)16-17-13-15-8-10-19-13/h3-6,8,10H,2,9H2,1H3/p+1. The van der Waals surface area contributed by atoms with Crippen LogP contribution in [0.1, 0.15) is 6.42 Å². The van der Waals surface area contributed by atoms with Crippen LogP contribution < -0.4 is 9.88 Å². The topological polar surface area (TPSA) is 65.9 Å². The Kier molecular flexibility index (Phi) is 4.59. The molecule has 0 radical (unpaired) electrons.